The predicted molar refractivity (Wildman–Crippen MR) is 47.2 cm³/mol. The maximum absolute atomic E-state index is 9.39. The van der Waals surface area contributed by atoms with E-state index >= 15 is 0 Å². The van der Waals surface area contributed by atoms with Crippen LogP contribution >= 0.6 is 0 Å². The minimum absolute atomic E-state index is 0.0383. The molecule has 72 valence electrons. The van der Waals surface area contributed by atoms with Gasteiger partial charge in [-0.2, -0.15) is 0 Å². The monoisotopic (exact) mass is 184 g/mol. The number of aromatic hydroxyl groups is 1. The lowest BCUT2D eigenvalue weighted by Crippen LogP contribution is -2.00. The Kier molecular flexibility index (Phi) is 3.40. The van der Waals surface area contributed by atoms with E-state index in [1.54, 1.807) is 12.1 Å². The standard InChI is InChI=1S/C9H12O4/c1-11-6-13-9-7(10)4-3-5-8(9)12-2/h3-5,10H,6H2,1-2H3. The van der Waals surface area contributed by atoms with Crippen molar-refractivity contribution >= 4 is 0 Å². The van der Waals surface area contributed by atoms with Gasteiger partial charge in [0.2, 0.25) is 5.75 Å². The number of rotatable bonds is 4. The fraction of sp³-hybridized carbons (Fsp3) is 0.333. The van der Waals surface area contributed by atoms with Crippen molar-refractivity contribution in [2.45, 2.75) is 0 Å². The second kappa shape index (κ2) is 4.57. The number of ether oxygens (including phenoxy) is 3. The zero-order valence-electron chi connectivity index (χ0n) is 7.61. The van der Waals surface area contributed by atoms with Gasteiger partial charge < -0.3 is 19.3 Å². The van der Waals surface area contributed by atoms with Gasteiger partial charge in [-0.3, -0.25) is 0 Å². The summed E-state index contributed by atoms with van der Waals surface area (Å²) in [6.07, 6.45) is 0. The number of hydrogen-bond acceptors (Lipinski definition) is 4. The third-order valence-electron chi connectivity index (χ3n) is 1.50. The Morgan fingerprint density at radius 2 is 2.08 bits per heavy atom. The molecule has 1 aromatic rings. The lowest BCUT2D eigenvalue weighted by atomic mass is 10.3. The van der Waals surface area contributed by atoms with E-state index in [0.717, 1.165) is 0 Å². The Bertz CT molecular complexity index is 272. The van der Waals surface area contributed by atoms with Crippen LogP contribution in [0.1, 0.15) is 0 Å². The average molecular weight is 184 g/mol. The Balaban J connectivity index is 2.87. The molecule has 0 spiro atoms. The third kappa shape index (κ3) is 2.26. The molecule has 0 aliphatic carbocycles. The highest BCUT2D eigenvalue weighted by Gasteiger charge is 2.08. The van der Waals surface area contributed by atoms with E-state index < -0.39 is 0 Å². The SMILES string of the molecule is COCOc1c(O)cccc1OC. The van der Waals surface area contributed by atoms with Crippen molar-refractivity contribution in [3.8, 4) is 17.2 Å². The van der Waals surface area contributed by atoms with Crippen LogP contribution in [0, 0.1) is 0 Å². The van der Waals surface area contributed by atoms with Crippen LogP contribution < -0.4 is 9.47 Å². The molecule has 0 radical (unpaired) electrons. The molecule has 0 atom stereocenters. The fourth-order valence-corrected chi connectivity index (χ4v) is 0.928. The van der Waals surface area contributed by atoms with Crippen LogP contribution in [-0.4, -0.2) is 26.1 Å². The van der Waals surface area contributed by atoms with Crippen molar-refractivity contribution in [1.82, 2.24) is 0 Å². The molecule has 1 N–H and O–H groups in total. The van der Waals surface area contributed by atoms with Gasteiger partial charge in [0, 0.05) is 7.11 Å². The first-order valence-corrected chi connectivity index (χ1v) is 3.77. The summed E-state index contributed by atoms with van der Waals surface area (Å²) in [6, 6.07) is 4.89. The number of phenolic OH excluding ortho intramolecular Hbond substituents is 1. The third-order valence-corrected chi connectivity index (χ3v) is 1.50. The second-order valence-corrected chi connectivity index (χ2v) is 2.36. The summed E-state index contributed by atoms with van der Waals surface area (Å²) in [4.78, 5) is 0. The van der Waals surface area contributed by atoms with Gasteiger partial charge in [-0.05, 0) is 12.1 Å². The molecule has 1 rings (SSSR count). The molecule has 0 bridgehead atoms. The van der Waals surface area contributed by atoms with E-state index in [9.17, 15) is 5.11 Å². The topological polar surface area (TPSA) is 47.9 Å². The number of methoxy groups -OCH3 is 2. The van der Waals surface area contributed by atoms with Gasteiger partial charge in [-0.1, -0.05) is 6.07 Å². The number of para-hydroxylation sites is 1. The minimum Gasteiger partial charge on any atom is -0.504 e. The first-order valence-electron chi connectivity index (χ1n) is 3.77. The molecule has 0 heterocycles. The largest absolute Gasteiger partial charge is 0.504 e. The number of phenols is 1. The van der Waals surface area contributed by atoms with Crippen LogP contribution in [-0.2, 0) is 4.74 Å². The van der Waals surface area contributed by atoms with E-state index in [4.69, 9.17) is 14.2 Å². The van der Waals surface area contributed by atoms with Crippen molar-refractivity contribution in [2.24, 2.45) is 0 Å². The summed E-state index contributed by atoms with van der Waals surface area (Å²) in [7, 11) is 3.01. The fourth-order valence-electron chi connectivity index (χ4n) is 0.928. The first kappa shape index (κ1) is 9.67. The smallest absolute Gasteiger partial charge is 0.205 e. The Morgan fingerprint density at radius 3 is 2.69 bits per heavy atom. The lowest BCUT2D eigenvalue weighted by molar-refractivity contribution is 0.0471. The van der Waals surface area contributed by atoms with E-state index in [2.05, 4.69) is 0 Å². The molecule has 4 heteroatoms. The summed E-state index contributed by atoms with van der Waals surface area (Å²) in [5.41, 5.74) is 0. The Morgan fingerprint density at radius 1 is 1.31 bits per heavy atom. The molecular formula is C9H12O4. The Hall–Kier alpha value is -1.42. The number of hydrogen-bond donors (Lipinski definition) is 1. The average Bonchev–Trinajstić information content (AvgIpc) is 2.15. The molecule has 0 saturated heterocycles. The summed E-state index contributed by atoms with van der Waals surface area (Å²) in [6.45, 7) is 0.0773. The van der Waals surface area contributed by atoms with E-state index in [1.165, 1.54) is 20.3 Å². The molecule has 4 nitrogen and oxygen atoms in total. The quantitative estimate of drug-likeness (QED) is 0.718. The molecule has 0 aromatic heterocycles. The van der Waals surface area contributed by atoms with Crippen LogP contribution in [0.3, 0.4) is 0 Å². The summed E-state index contributed by atoms with van der Waals surface area (Å²) < 4.78 is 14.8. The van der Waals surface area contributed by atoms with Gasteiger partial charge in [0.1, 0.15) is 0 Å². The Labute approximate surface area is 76.7 Å². The van der Waals surface area contributed by atoms with E-state index in [1.807, 2.05) is 0 Å². The van der Waals surface area contributed by atoms with Crippen LogP contribution in [0.5, 0.6) is 17.2 Å². The summed E-state index contributed by atoms with van der Waals surface area (Å²) in [5.74, 6) is 0.820. The van der Waals surface area contributed by atoms with Gasteiger partial charge in [0.25, 0.3) is 0 Å². The molecule has 13 heavy (non-hydrogen) atoms. The van der Waals surface area contributed by atoms with Crippen molar-refractivity contribution in [3.05, 3.63) is 18.2 Å². The normalized spacial score (nSPS) is 9.69. The maximum atomic E-state index is 9.39. The molecule has 0 aliphatic rings. The number of benzene rings is 1. The molecule has 1 aromatic carbocycles. The van der Waals surface area contributed by atoms with Crippen molar-refractivity contribution in [3.63, 3.8) is 0 Å². The maximum Gasteiger partial charge on any atom is 0.205 e. The van der Waals surface area contributed by atoms with Crippen LogP contribution in [0.15, 0.2) is 18.2 Å². The van der Waals surface area contributed by atoms with Gasteiger partial charge in [0.15, 0.2) is 18.3 Å². The van der Waals surface area contributed by atoms with Crippen LogP contribution in [0.25, 0.3) is 0 Å². The predicted octanol–water partition coefficient (Wildman–Crippen LogP) is 1.38. The van der Waals surface area contributed by atoms with E-state index in [0.29, 0.717) is 11.5 Å². The lowest BCUT2D eigenvalue weighted by Gasteiger charge is -2.10. The van der Waals surface area contributed by atoms with Crippen molar-refractivity contribution in [1.29, 1.82) is 0 Å². The zero-order chi connectivity index (χ0) is 9.68. The molecular weight excluding hydrogens is 172 g/mol. The highest BCUT2D eigenvalue weighted by atomic mass is 16.7. The minimum atomic E-state index is 0.0383. The summed E-state index contributed by atoms with van der Waals surface area (Å²) in [5, 5.41) is 9.39. The first-order chi connectivity index (χ1) is 6.29. The highest BCUT2D eigenvalue weighted by Crippen LogP contribution is 2.35. The molecule has 0 amide bonds. The van der Waals surface area contributed by atoms with Gasteiger partial charge in [-0.15, -0.1) is 0 Å². The zero-order valence-corrected chi connectivity index (χ0v) is 7.61. The van der Waals surface area contributed by atoms with Crippen LogP contribution in [0.4, 0.5) is 0 Å². The summed E-state index contributed by atoms with van der Waals surface area (Å²) >= 11 is 0. The molecule has 0 fully saturated rings. The van der Waals surface area contributed by atoms with Crippen molar-refractivity contribution < 1.29 is 19.3 Å². The van der Waals surface area contributed by atoms with Gasteiger partial charge >= 0.3 is 0 Å². The van der Waals surface area contributed by atoms with Gasteiger partial charge in [-0.25, -0.2) is 0 Å². The molecule has 0 saturated carbocycles. The van der Waals surface area contributed by atoms with Crippen molar-refractivity contribution in [2.75, 3.05) is 21.0 Å². The molecule has 0 aliphatic heterocycles. The van der Waals surface area contributed by atoms with Gasteiger partial charge in [0.05, 0.1) is 7.11 Å². The van der Waals surface area contributed by atoms with Crippen LogP contribution in [0.2, 0.25) is 0 Å². The van der Waals surface area contributed by atoms with E-state index in [-0.39, 0.29) is 12.5 Å². The highest BCUT2D eigenvalue weighted by molar-refractivity contribution is 5.50. The molecule has 0 unspecified atom stereocenters. The second-order valence-electron chi connectivity index (χ2n) is 2.36.